The molecule has 2 aromatic heterocycles. The number of fused-ring (bicyclic) bond motifs is 1. The second kappa shape index (κ2) is 6.23. The predicted molar refractivity (Wildman–Crippen MR) is 92.2 cm³/mol. The molecule has 6 nitrogen and oxygen atoms in total. The van der Waals surface area contributed by atoms with E-state index < -0.39 is 5.97 Å². The molecule has 0 fully saturated rings. The number of hydrogen-bond donors (Lipinski definition) is 1. The van der Waals surface area contributed by atoms with Crippen LogP contribution >= 0.6 is 0 Å². The van der Waals surface area contributed by atoms with Gasteiger partial charge >= 0.3 is 5.97 Å². The van der Waals surface area contributed by atoms with Gasteiger partial charge in [-0.15, -0.1) is 0 Å². The number of rotatable bonds is 4. The van der Waals surface area contributed by atoms with Crippen LogP contribution < -0.4 is 5.32 Å². The number of esters is 1. The van der Waals surface area contributed by atoms with Crippen molar-refractivity contribution in [3.63, 3.8) is 0 Å². The summed E-state index contributed by atoms with van der Waals surface area (Å²) in [6.45, 7) is 2.06. The third-order valence-corrected chi connectivity index (χ3v) is 3.92. The molecule has 0 aliphatic carbocycles. The first kappa shape index (κ1) is 15.9. The van der Waals surface area contributed by atoms with E-state index in [0.717, 1.165) is 10.9 Å². The molecule has 1 amide bonds. The van der Waals surface area contributed by atoms with Crippen molar-refractivity contribution in [3.8, 4) is 0 Å². The molecular formula is C18H19N3O3. The largest absolute Gasteiger partial charge is 0.461 e. The van der Waals surface area contributed by atoms with Crippen LogP contribution in [-0.4, -0.2) is 27.6 Å². The van der Waals surface area contributed by atoms with Gasteiger partial charge in [0.15, 0.2) is 0 Å². The number of aryl methyl sites for hydroxylation is 2. The number of carbonyl (C=O) groups is 2. The van der Waals surface area contributed by atoms with E-state index >= 15 is 0 Å². The van der Waals surface area contributed by atoms with Gasteiger partial charge in [-0.3, -0.25) is 4.79 Å². The molecule has 124 valence electrons. The lowest BCUT2D eigenvalue weighted by molar-refractivity contribution is 0.0515. The molecule has 0 saturated carbocycles. The molecule has 24 heavy (non-hydrogen) atoms. The molecule has 0 radical (unpaired) electrons. The van der Waals surface area contributed by atoms with Crippen molar-refractivity contribution >= 4 is 28.5 Å². The molecule has 3 rings (SSSR count). The minimum Gasteiger partial charge on any atom is -0.461 e. The molecule has 0 atom stereocenters. The van der Waals surface area contributed by atoms with Gasteiger partial charge in [0.1, 0.15) is 5.69 Å². The van der Waals surface area contributed by atoms with Crippen molar-refractivity contribution in [2.45, 2.75) is 6.92 Å². The first-order valence-electron chi connectivity index (χ1n) is 7.70. The van der Waals surface area contributed by atoms with Crippen LogP contribution in [0.3, 0.4) is 0 Å². The molecule has 0 bridgehead atoms. The van der Waals surface area contributed by atoms with Crippen molar-refractivity contribution < 1.29 is 14.3 Å². The Morgan fingerprint density at radius 1 is 1.17 bits per heavy atom. The molecule has 1 N–H and O–H groups in total. The fourth-order valence-corrected chi connectivity index (χ4v) is 2.74. The van der Waals surface area contributed by atoms with Crippen LogP contribution in [0, 0.1) is 0 Å². The topological polar surface area (TPSA) is 65.3 Å². The molecule has 0 saturated heterocycles. The van der Waals surface area contributed by atoms with E-state index in [1.54, 1.807) is 36.9 Å². The van der Waals surface area contributed by atoms with Crippen LogP contribution in [-0.2, 0) is 18.8 Å². The zero-order chi connectivity index (χ0) is 17.3. The van der Waals surface area contributed by atoms with Crippen LogP contribution in [0.25, 0.3) is 10.9 Å². The molecule has 2 heterocycles. The van der Waals surface area contributed by atoms with Crippen LogP contribution in [0.2, 0.25) is 0 Å². The number of anilines is 1. The van der Waals surface area contributed by atoms with E-state index in [4.69, 9.17) is 4.74 Å². The summed E-state index contributed by atoms with van der Waals surface area (Å²) in [5.41, 5.74) is 2.53. The summed E-state index contributed by atoms with van der Waals surface area (Å²) in [5.74, 6) is -0.626. The average Bonchev–Trinajstić information content (AvgIpc) is 3.11. The van der Waals surface area contributed by atoms with Gasteiger partial charge in [-0.05, 0) is 31.2 Å². The monoisotopic (exact) mass is 325 g/mol. The van der Waals surface area contributed by atoms with Crippen LogP contribution in [0.5, 0.6) is 0 Å². The molecule has 0 aliphatic heterocycles. The van der Waals surface area contributed by atoms with E-state index in [1.165, 1.54) is 0 Å². The predicted octanol–water partition coefficient (Wildman–Crippen LogP) is 2.95. The van der Waals surface area contributed by atoms with Crippen molar-refractivity contribution in [2.75, 3.05) is 11.9 Å². The number of nitrogens with zero attached hydrogens (tertiary/aromatic N) is 2. The zero-order valence-corrected chi connectivity index (χ0v) is 13.9. The molecule has 3 aromatic rings. The second-order valence-corrected chi connectivity index (χ2v) is 5.56. The number of ether oxygens (including phenoxy) is 1. The lowest BCUT2D eigenvalue weighted by atomic mass is 10.1. The highest BCUT2D eigenvalue weighted by Crippen LogP contribution is 2.21. The van der Waals surface area contributed by atoms with Gasteiger partial charge < -0.3 is 19.2 Å². The van der Waals surface area contributed by atoms with Gasteiger partial charge in [0.05, 0.1) is 12.3 Å². The van der Waals surface area contributed by atoms with E-state index in [-0.39, 0.29) is 5.91 Å². The standard InChI is InChI=1S/C18H19N3O3/c1-4-24-18(23)16-10-12(11-21(16)3)19-17(22)14-6-5-7-15-13(14)8-9-20(15)2/h5-11H,4H2,1-3H3,(H,19,22). The number of amides is 1. The van der Waals surface area contributed by atoms with Crippen LogP contribution in [0.4, 0.5) is 5.69 Å². The second-order valence-electron chi connectivity index (χ2n) is 5.56. The Labute approximate surface area is 139 Å². The van der Waals surface area contributed by atoms with Gasteiger partial charge in [0.25, 0.3) is 5.91 Å². The first-order valence-corrected chi connectivity index (χ1v) is 7.70. The van der Waals surface area contributed by atoms with Gasteiger partial charge in [-0.25, -0.2) is 4.79 Å². The first-order chi connectivity index (χ1) is 11.5. The summed E-state index contributed by atoms with van der Waals surface area (Å²) in [4.78, 5) is 24.5. The van der Waals surface area contributed by atoms with Gasteiger partial charge in [0.2, 0.25) is 0 Å². The van der Waals surface area contributed by atoms with Gasteiger partial charge in [0, 0.05) is 43.0 Å². The van der Waals surface area contributed by atoms with E-state index in [0.29, 0.717) is 23.6 Å². The maximum atomic E-state index is 12.6. The lowest BCUT2D eigenvalue weighted by Gasteiger charge is -2.05. The lowest BCUT2D eigenvalue weighted by Crippen LogP contribution is -2.11. The summed E-state index contributed by atoms with van der Waals surface area (Å²) in [6.07, 6.45) is 3.61. The maximum absolute atomic E-state index is 12.6. The van der Waals surface area contributed by atoms with Gasteiger partial charge in [-0.2, -0.15) is 0 Å². The highest BCUT2D eigenvalue weighted by molar-refractivity contribution is 6.12. The quantitative estimate of drug-likeness (QED) is 0.750. The number of hydrogen-bond acceptors (Lipinski definition) is 3. The highest BCUT2D eigenvalue weighted by Gasteiger charge is 2.16. The Kier molecular flexibility index (Phi) is 4.12. The van der Waals surface area contributed by atoms with E-state index in [2.05, 4.69) is 5.32 Å². The number of nitrogens with one attached hydrogen (secondary N) is 1. The normalized spacial score (nSPS) is 10.8. The van der Waals surface area contributed by atoms with Crippen LogP contribution in [0.15, 0.2) is 42.7 Å². The Bertz CT molecular complexity index is 921. The minimum atomic E-state index is -0.411. The molecule has 0 spiro atoms. The average molecular weight is 325 g/mol. The Morgan fingerprint density at radius 2 is 1.96 bits per heavy atom. The Balaban J connectivity index is 1.87. The number of aromatic nitrogens is 2. The summed E-state index contributed by atoms with van der Waals surface area (Å²) < 4.78 is 8.60. The fraction of sp³-hybridized carbons (Fsp3) is 0.222. The summed E-state index contributed by atoms with van der Waals surface area (Å²) in [5, 5.41) is 3.73. The summed E-state index contributed by atoms with van der Waals surface area (Å²) in [7, 11) is 3.67. The third-order valence-electron chi connectivity index (χ3n) is 3.92. The highest BCUT2D eigenvalue weighted by atomic mass is 16.5. The number of carbonyl (C=O) groups excluding carboxylic acids is 2. The molecule has 0 unspecified atom stereocenters. The smallest absolute Gasteiger partial charge is 0.355 e. The van der Waals surface area contributed by atoms with Crippen molar-refractivity contribution in [2.24, 2.45) is 14.1 Å². The Morgan fingerprint density at radius 3 is 2.71 bits per heavy atom. The van der Waals surface area contributed by atoms with Crippen LogP contribution in [0.1, 0.15) is 27.8 Å². The summed E-state index contributed by atoms with van der Waals surface area (Å²) >= 11 is 0. The zero-order valence-electron chi connectivity index (χ0n) is 13.9. The fourth-order valence-electron chi connectivity index (χ4n) is 2.74. The molecular weight excluding hydrogens is 306 g/mol. The molecule has 0 aliphatic rings. The van der Waals surface area contributed by atoms with Crippen molar-refractivity contribution in [1.82, 2.24) is 9.13 Å². The van der Waals surface area contributed by atoms with E-state index in [1.807, 2.05) is 36.0 Å². The molecule has 6 heteroatoms. The van der Waals surface area contributed by atoms with E-state index in [9.17, 15) is 9.59 Å². The van der Waals surface area contributed by atoms with Crippen molar-refractivity contribution in [3.05, 3.63) is 54.0 Å². The van der Waals surface area contributed by atoms with Gasteiger partial charge in [-0.1, -0.05) is 6.07 Å². The maximum Gasteiger partial charge on any atom is 0.355 e. The summed E-state index contributed by atoms with van der Waals surface area (Å²) in [6, 6.07) is 9.13. The minimum absolute atomic E-state index is 0.215. The third kappa shape index (κ3) is 2.78. The molecule has 1 aromatic carbocycles. The number of benzene rings is 1. The SMILES string of the molecule is CCOC(=O)c1cc(NC(=O)c2cccc3c2ccn3C)cn1C. The Hall–Kier alpha value is -3.02. The van der Waals surface area contributed by atoms with Crippen molar-refractivity contribution in [1.29, 1.82) is 0 Å².